The molecule has 0 amide bonds. The minimum Gasteiger partial charge on any atom is -0.310 e. The topological polar surface area (TPSA) is 8.17 Å². The van der Waals surface area contributed by atoms with Crippen molar-refractivity contribution < 1.29 is 0 Å². The van der Waals surface area contributed by atoms with Gasteiger partial charge in [-0.05, 0) is 161 Å². The quantitative estimate of drug-likeness (QED) is 0.154. The van der Waals surface area contributed by atoms with Crippen molar-refractivity contribution in [2.24, 2.45) is 0 Å². The van der Waals surface area contributed by atoms with Crippen LogP contribution in [0.25, 0.3) is 94.3 Å². The summed E-state index contributed by atoms with van der Waals surface area (Å²) in [5, 5.41) is 2.50. The molecule has 1 spiro atoms. The summed E-state index contributed by atoms with van der Waals surface area (Å²) in [4.78, 5) is 2.51. The van der Waals surface area contributed by atoms with E-state index in [0.717, 1.165) is 17.1 Å². The third-order valence-corrected chi connectivity index (χ3v) is 17.6. The zero-order valence-corrected chi connectivity index (χ0v) is 43.5. The largest absolute Gasteiger partial charge is 0.310 e. The predicted molar refractivity (Wildman–Crippen MR) is 326 cm³/mol. The van der Waals surface area contributed by atoms with Crippen LogP contribution in [0.15, 0.2) is 279 Å². The Hall–Kier alpha value is -9.76. The Balaban J connectivity index is 0.879. The van der Waals surface area contributed by atoms with Gasteiger partial charge in [-0.3, -0.25) is 0 Å². The van der Waals surface area contributed by atoms with Crippen LogP contribution in [0.2, 0.25) is 0 Å². The van der Waals surface area contributed by atoms with Crippen LogP contribution in [0.1, 0.15) is 47.2 Å². The van der Waals surface area contributed by atoms with Crippen LogP contribution in [0.4, 0.5) is 17.1 Å². The Bertz CT molecular complexity index is 4500. The first-order valence-corrected chi connectivity index (χ1v) is 27.3. The van der Waals surface area contributed by atoms with Crippen LogP contribution in [0, 0.1) is 0 Å². The van der Waals surface area contributed by atoms with Gasteiger partial charge in [-0.25, -0.2) is 0 Å². The molecule has 1 aromatic heterocycles. The van der Waals surface area contributed by atoms with E-state index in [1.807, 2.05) is 0 Å². The molecule has 13 aromatic rings. The van der Waals surface area contributed by atoms with Gasteiger partial charge in [0.2, 0.25) is 0 Å². The fourth-order valence-corrected chi connectivity index (χ4v) is 14.1. The lowest BCUT2D eigenvalue weighted by Crippen LogP contribution is -2.28. The van der Waals surface area contributed by atoms with Crippen molar-refractivity contribution in [1.29, 1.82) is 0 Å². The van der Waals surface area contributed by atoms with Gasteiger partial charge < -0.3 is 9.47 Å². The molecule has 366 valence electrons. The third kappa shape index (κ3) is 6.32. The normalized spacial score (nSPS) is 13.7. The Labute approximate surface area is 455 Å². The lowest BCUT2D eigenvalue weighted by Gasteiger charge is -2.36. The molecule has 0 unspecified atom stereocenters. The van der Waals surface area contributed by atoms with E-state index in [1.165, 1.54) is 128 Å². The molecule has 0 bridgehead atoms. The second-order valence-electron chi connectivity index (χ2n) is 22.0. The van der Waals surface area contributed by atoms with E-state index in [1.54, 1.807) is 0 Å². The van der Waals surface area contributed by atoms with Gasteiger partial charge in [0, 0.05) is 38.8 Å². The Morgan fingerprint density at radius 1 is 0.295 bits per heavy atom. The number of benzene rings is 12. The average molecular weight is 993 g/mol. The molecule has 12 aromatic carbocycles. The highest BCUT2D eigenvalue weighted by atomic mass is 15.1. The Kier molecular flexibility index (Phi) is 9.63. The van der Waals surface area contributed by atoms with Crippen LogP contribution < -0.4 is 4.90 Å². The molecule has 3 aliphatic rings. The van der Waals surface area contributed by atoms with Crippen LogP contribution >= 0.6 is 0 Å². The van der Waals surface area contributed by atoms with Gasteiger partial charge in [0.05, 0.1) is 22.1 Å². The average Bonchev–Trinajstić information content (AvgIpc) is 4.24. The van der Waals surface area contributed by atoms with E-state index in [9.17, 15) is 0 Å². The van der Waals surface area contributed by atoms with Crippen molar-refractivity contribution >= 4 is 38.9 Å². The van der Waals surface area contributed by atoms with E-state index >= 15 is 0 Å². The SMILES string of the molecule is CC1(C)c2ccccc2-c2cc3c4cc(-c5ccc(N(c6ccc(-c7ccccc7)cc6)c6cccc7c6C6(c8ccccc8-c8ccccc86)c6ccccc6-7)cc5)ccc4n(-c4cccc(-c5ccccc5)c4)c3cc21. The number of fused-ring (bicyclic) bond motifs is 16. The molecule has 2 heteroatoms. The van der Waals surface area contributed by atoms with Crippen LogP contribution in [0.5, 0.6) is 0 Å². The molecule has 16 rings (SSSR count). The maximum atomic E-state index is 2.51. The minimum atomic E-state index is -0.521. The van der Waals surface area contributed by atoms with Gasteiger partial charge >= 0.3 is 0 Å². The number of anilines is 3. The third-order valence-electron chi connectivity index (χ3n) is 17.6. The zero-order chi connectivity index (χ0) is 51.7. The molecule has 3 aliphatic carbocycles. The second kappa shape index (κ2) is 16.9. The molecule has 0 saturated carbocycles. The smallest absolute Gasteiger partial charge is 0.0746 e. The fourth-order valence-electron chi connectivity index (χ4n) is 14.1. The molecule has 0 radical (unpaired) electrons. The van der Waals surface area contributed by atoms with Crippen molar-refractivity contribution in [3.8, 4) is 72.4 Å². The van der Waals surface area contributed by atoms with E-state index in [0.29, 0.717) is 0 Å². The molecule has 0 saturated heterocycles. The molecule has 1 heterocycles. The first kappa shape index (κ1) is 44.5. The number of hydrogen-bond acceptors (Lipinski definition) is 1. The first-order chi connectivity index (χ1) is 38.4. The maximum absolute atomic E-state index is 2.51. The standard InChI is InChI=1S/C76H52N2/c1-75(2)66-30-13-9-28-61(66)63-47-65-64-46-54(39-44-71(64)78(73(65)48-70(63)75)57-24-17-23-53(45-57)50-21-7-4-8-22-50)52-37-42-56(43-38-52)77(55-40-35-51(36-41-55)49-19-5-3-6-20-49)72-34-18-29-62-60-27-12-16-33-69(60)76(74(62)72)67-31-14-10-25-58(67)59-26-11-15-32-68(59)76/h3-48H,1-2H3. The zero-order valence-electron chi connectivity index (χ0n) is 43.5. The molecule has 78 heavy (non-hydrogen) atoms. The first-order valence-electron chi connectivity index (χ1n) is 27.3. The van der Waals surface area contributed by atoms with Crippen LogP contribution in [0.3, 0.4) is 0 Å². The molecule has 0 fully saturated rings. The summed E-state index contributed by atoms with van der Waals surface area (Å²) in [6, 6.07) is 104. The molecule has 0 N–H and O–H groups in total. The highest BCUT2D eigenvalue weighted by Crippen LogP contribution is 2.65. The van der Waals surface area contributed by atoms with Crippen LogP contribution in [-0.4, -0.2) is 4.57 Å². The van der Waals surface area contributed by atoms with E-state index in [2.05, 4.69) is 302 Å². The highest BCUT2D eigenvalue weighted by molar-refractivity contribution is 6.13. The molecule has 2 nitrogen and oxygen atoms in total. The summed E-state index contributed by atoms with van der Waals surface area (Å²) in [7, 11) is 0. The second-order valence-corrected chi connectivity index (χ2v) is 22.0. The molecular weight excluding hydrogens is 941 g/mol. The summed E-state index contributed by atoms with van der Waals surface area (Å²) in [5.74, 6) is 0. The van der Waals surface area contributed by atoms with Gasteiger partial charge in [0.25, 0.3) is 0 Å². The van der Waals surface area contributed by atoms with Gasteiger partial charge in [0.15, 0.2) is 0 Å². The summed E-state index contributed by atoms with van der Waals surface area (Å²) in [6.45, 7) is 4.76. The van der Waals surface area contributed by atoms with Crippen molar-refractivity contribution in [2.75, 3.05) is 4.90 Å². The highest BCUT2D eigenvalue weighted by Gasteiger charge is 2.53. The number of aromatic nitrogens is 1. The monoisotopic (exact) mass is 992 g/mol. The number of hydrogen-bond donors (Lipinski definition) is 0. The number of rotatable bonds is 7. The van der Waals surface area contributed by atoms with Crippen molar-refractivity contribution in [1.82, 2.24) is 4.57 Å². The Morgan fingerprint density at radius 2 is 0.731 bits per heavy atom. The lowest BCUT2D eigenvalue weighted by molar-refractivity contribution is 0.661. The molecule has 0 aliphatic heterocycles. The predicted octanol–water partition coefficient (Wildman–Crippen LogP) is 19.9. The van der Waals surface area contributed by atoms with Crippen molar-refractivity contribution in [3.05, 3.63) is 312 Å². The Morgan fingerprint density at radius 3 is 1.35 bits per heavy atom. The molecule has 0 atom stereocenters. The van der Waals surface area contributed by atoms with Gasteiger partial charge in [-0.15, -0.1) is 0 Å². The summed E-state index contributed by atoms with van der Waals surface area (Å²) in [6.07, 6.45) is 0. The fraction of sp³-hybridized carbons (Fsp3) is 0.0526. The number of nitrogens with zero attached hydrogens (tertiary/aromatic N) is 2. The van der Waals surface area contributed by atoms with Crippen molar-refractivity contribution in [2.45, 2.75) is 24.7 Å². The van der Waals surface area contributed by atoms with Crippen LogP contribution in [-0.2, 0) is 10.8 Å². The van der Waals surface area contributed by atoms with Gasteiger partial charge in [0.1, 0.15) is 0 Å². The van der Waals surface area contributed by atoms with E-state index in [4.69, 9.17) is 0 Å². The summed E-state index contributed by atoms with van der Waals surface area (Å²) in [5.41, 5.74) is 29.3. The minimum absolute atomic E-state index is 0.130. The van der Waals surface area contributed by atoms with E-state index in [-0.39, 0.29) is 5.41 Å². The lowest BCUT2D eigenvalue weighted by atomic mass is 9.70. The van der Waals surface area contributed by atoms with Gasteiger partial charge in [-0.1, -0.05) is 226 Å². The van der Waals surface area contributed by atoms with Gasteiger partial charge in [-0.2, -0.15) is 0 Å². The maximum Gasteiger partial charge on any atom is 0.0746 e. The summed E-state index contributed by atoms with van der Waals surface area (Å²) >= 11 is 0. The molecular formula is C76H52N2. The van der Waals surface area contributed by atoms with Crippen molar-refractivity contribution in [3.63, 3.8) is 0 Å². The summed E-state index contributed by atoms with van der Waals surface area (Å²) < 4.78 is 2.49. The van der Waals surface area contributed by atoms with E-state index < -0.39 is 5.41 Å².